The number of amides is 1. The van der Waals surface area contributed by atoms with Crippen molar-refractivity contribution in [1.29, 1.82) is 0 Å². The van der Waals surface area contributed by atoms with Crippen LogP contribution in [0.4, 0.5) is 0 Å². The zero-order chi connectivity index (χ0) is 15.7. The van der Waals surface area contributed by atoms with Gasteiger partial charge in [0.1, 0.15) is 11.9 Å². The summed E-state index contributed by atoms with van der Waals surface area (Å²) in [6.07, 6.45) is 2.21. The fraction of sp³-hybridized carbons (Fsp3) is 0.529. The molecule has 1 aliphatic carbocycles. The zero-order valence-electron chi connectivity index (χ0n) is 12.7. The number of rotatable bonds is 4. The summed E-state index contributed by atoms with van der Waals surface area (Å²) in [4.78, 5) is 24.8. The molecule has 1 N–H and O–H groups in total. The second kappa shape index (κ2) is 5.99. The predicted octanol–water partition coefficient (Wildman–Crippen LogP) is 2.09. The van der Waals surface area contributed by atoms with Gasteiger partial charge >= 0.3 is 5.97 Å². The van der Waals surface area contributed by atoms with Crippen molar-refractivity contribution in [2.24, 2.45) is 11.8 Å². The summed E-state index contributed by atoms with van der Waals surface area (Å²) < 4.78 is 5.94. The van der Waals surface area contributed by atoms with Gasteiger partial charge in [-0.15, -0.1) is 0 Å². The summed E-state index contributed by atoms with van der Waals surface area (Å²) in [7, 11) is 0. The van der Waals surface area contributed by atoms with Crippen molar-refractivity contribution in [3.05, 3.63) is 29.8 Å². The Labute approximate surface area is 129 Å². The molecule has 0 unspecified atom stereocenters. The predicted molar refractivity (Wildman–Crippen MR) is 80.6 cm³/mol. The van der Waals surface area contributed by atoms with Crippen LogP contribution in [-0.2, 0) is 9.59 Å². The zero-order valence-corrected chi connectivity index (χ0v) is 12.7. The lowest BCUT2D eigenvalue weighted by atomic mass is 10.1. The lowest BCUT2D eigenvalue weighted by Crippen LogP contribution is -2.42. The lowest BCUT2D eigenvalue weighted by molar-refractivity contribution is -0.142. The summed E-state index contributed by atoms with van der Waals surface area (Å²) >= 11 is 0. The van der Waals surface area contributed by atoms with E-state index < -0.39 is 11.9 Å². The summed E-state index contributed by atoms with van der Waals surface area (Å²) in [6, 6.07) is 7.98. The number of aryl methyl sites for hydroxylation is 1. The van der Waals surface area contributed by atoms with E-state index in [1.165, 1.54) is 5.56 Å². The van der Waals surface area contributed by atoms with Crippen LogP contribution in [0.15, 0.2) is 24.3 Å². The molecule has 0 spiro atoms. The maximum absolute atomic E-state index is 12.2. The Kier molecular flexibility index (Phi) is 4.05. The number of likely N-dealkylation sites (tertiary alicyclic amines) is 1. The van der Waals surface area contributed by atoms with Gasteiger partial charge in [-0.3, -0.25) is 9.59 Å². The first-order valence-electron chi connectivity index (χ1n) is 7.79. The third kappa shape index (κ3) is 3.24. The van der Waals surface area contributed by atoms with Gasteiger partial charge < -0.3 is 14.7 Å². The van der Waals surface area contributed by atoms with Crippen molar-refractivity contribution in [2.75, 3.05) is 13.1 Å². The number of aliphatic carboxylic acids is 1. The molecule has 1 aliphatic heterocycles. The van der Waals surface area contributed by atoms with Crippen LogP contribution in [0.3, 0.4) is 0 Å². The SMILES string of the molecule is Cc1ccc(OC2CCN(C(=O)[C@H]3C[C@H]3C(=O)O)CC2)cc1. The van der Waals surface area contributed by atoms with Gasteiger partial charge in [0.2, 0.25) is 5.91 Å². The van der Waals surface area contributed by atoms with Gasteiger partial charge in [-0.1, -0.05) is 17.7 Å². The van der Waals surface area contributed by atoms with Crippen molar-refractivity contribution in [3.8, 4) is 5.75 Å². The molecule has 0 aromatic heterocycles. The molecule has 3 rings (SSSR count). The van der Waals surface area contributed by atoms with Gasteiger partial charge in [0.05, 0.1) is 11.8 Å². The molecule has 22 heavy (non-hydrogen) atoms. The minimum Gasteiger partial charge on any atom is -0.490 e. The fourth-order valence-electron chi connectivity index (χ4n) is 2.98. The Morgan fingerprint density at radius 2 is 1.77 bits per heavy atom. The van der Waals surface area contributed by atoms with E-state index >= 15 is 0 Å². The second-order valence-electron chi connectivity index (χ2n) is 6.24. The summed E-state index contributed by atoms with van der Waals surface area (Å²) in [6.45, 7) is 3.34. The number of hydrogen-bond donors (Lipinski definition) is 1. The number of nitrogens with zero attached hydrogens (tertiary/aromatic N) is 1. The highest BCUT2D eigenvalue weighted by Gasteiger charge is 2.50. The molecule has 2 aliphatic rings. The minimum absolute atomic E-state index is 0.00110. The van der Waals surface area contributed by atoms with E-state index in [1.54, 1.807) is 4.90 Å². The summed E-state index contributed by atoms with van der Waals surface area (Å²) in [5, 5.41) is 8.91. The Morgan fingerprint density at radius 1 is 1.14 bits per heavy atom. The van der Waals surface area contributed by atoms with Gasteiger partial charge in [0.25, 0.3) is 0 Å². The number of carbonyl (C=O) groups excluding carboxylic acids is 1. The minimum atomic E-state index is -0.851. The molecule has 1 aromatic carbocycles. The first kappa shape index (κ1) is 14.9. The Balaban J connectivity index is 1.47. The van der Waals surface area contributed by atoms with Crippen molar-refractivity contribution in [1.82, 2.24) is 4.90 Å². The van der Waals surface area contributed by atoms with Crippen LogP contribution in [0, 0.1) is 18.8 Å². The topological polar surface area (TPSA) is 66.8 Å². The first-order valence-corrected chi connectivity index (χ1v) is 7.79. The molecule has 1 aromatic rings. The molecule has 1 saturated heterocycles. The van der Waals surface area contributed by atoms with E-state index in [1.807, 2.05) is 31.2 Å². The van der Waals surface area contributed by atoms with Gasteiger partial charge in [0.15, 0.2) is 0 Å². The molecule has 1 heterocycles. The maximum atomic E-state index is 12.2. The Morgan fingerprint density at radius 3 is 2.32 bits per heavy atom. The molecule has 0 bridgehead atoms. The van der Waals surface area contributed by atoms with Gasteiger partial charge in [-0.2, -0.15) is 0 Å². The van der Waals surface area contributed by atoms with Crippen molar-refractivity contribution < 1.29 is 19.4 Å². The molecule has 1 saturated carbocycles. The van der Waals surface area contributed by atoms with E-state index in [0.29, 0.717) is 19.5 Å². The second-order valence-corrected chi connectivity index (χ2v) is 6.24. The van der Waals surface area contributed by atoms with Gasteiger partial charge in [-0.25, -0.2) is 0 Å². The normalized spacial score (nSPS) is 24.9. The highest BCUT2D eigenvalue weighted by atomic mass is 16.5. The average Bonchev–Trinajstić information content (AvgIpc) is 3.30. The number of carboxylic acid groups (broad SMARTS) is 1. The Hall–Kier alpha value is -2.04. The van der Waals surface area contributed by atoms with Crippen molar-refractivity contribution >= 4 is 11.9 Å². The molecule has 2 atom stereocenters. The summed E-state index contributed by atoms with van der Waals surface area (Å²) in [5.74, 6) is -0.748. The van der Waals surface area contributed by atoms with E-state index in [9.17, 15) is 9.59 Å². The quantitative estimate of drug-likeness (QED) is 0.925. The van der Waals surface area contributed by atoms with Gasteiger partial charge in [0, 0.05) is 25.9 Å². The number of piperidine rings is 1. The van der Waals surface area contributed by atoms with Crippen LogP contribution < -0.4 is 4.74 Å². The molecule has 5 heteroatoms. The van der Waals surface area contributed by atoms with Crippen LogP contribution >= 0.6 is 0 Å². The van der Waals surface area contributed by atoms with Crippen LogP contribution in [0.1, 0.15) is 24.8 Å². The van der Waals surface area contributed by atoms with Crippen LogP contribution in [0.2, 0.25) is 0 Å². The van der Waals surface area contributed by atoms with Crippen LogP contribution in [-0.4, -0.2) is 41.1 Å². The molecule has 2 fully saturated rings. The Bertz CT molecular complexity index is 561. The highest BCUT2D eigenvalue weighted by molar-refractivity contribution is 5.89. The third-order valence-corrected chi connectivity index (χ3v) is 4.50. The first-order chi connectivity index (χ1) is 10.5. The number of hydrogen-bond acceptors (Lipinski definition) is 3. The fourth-order valence-corrected chi connectivity index (χ4v) is 2.98. The maximum Gasteiger partial charge on any atom is 0.307 e. The smallest absolute Gasteiger partial charge is 0.307 e. The molecule has 5 nitrogen and oxygen atoms in total. The lowest BCUT2D eigenvalue weighted by Gasteiger charge is -2.32. The highest BCUT2D eigenvalue weighted by Crippen LogP contribution is 2.40. The monoisotopic (exact) mass is 303 g/mol. The van der Waals surface area contributed by atoms with Crippen LogP contribution in [0.5, 0.6) is 5.75 Å². The number of carbonyl (C=O) groups is 2. The molecule has 1 amide bonds. The van der Waals surface area contributed by atoms with E-state index in [4.69, 9.17) is 9.84 Å². The number of benzene rings is 1. The van der Waals surface area contributed by atoms with Crippen LogP contribution in [0.25, 0.3) is 0 Å². The molecule has 118 valence electrons. The third-order valence-electron chi connectivity index (χ3n) is 4.50. The van der Waals surface area contributed by atoms with E-state index in [0.717, 1.165) is 18.6 Å². The summed E-state index contributed by atoms with van der Waals surface area (Å²) in [5.41, 5.74) is 1.20. The van der Waals surface area contributed by atoms with Crippen molar-refractivity contribution in [3.63, 3.8) is 0 Å². The van der Waals surface area contributed by atoms with Gasteiger partial charge in [-0.05, 0) is 25.5 Å². The standard InChI is InChI=1S/C17H21NO4/c1-11-2-4-12(5-3-11)22-13-6-8-18(9-7-13)16(19)14-10-15(14)17(20)21/h2-5,13-15H,6-10H2,1H3,(H,20,21)/t14-,15+/m0/s1. The number of ether oxygens (including phenoxy) is 1. The average molecular weight is 303 g/mol. The molecular weight excluding hydrogens is 282 g/mol. The van der Waals surface area contributed by atoms with E-state index in [2.05, 4.69) is 0 Å². The van der Waals surface area contributed by atoms with E-state index in [-0.39, 0.29) is 17.9 Å². The molecule has 0 radical (unpaired) electrons. The number of carboxylic acids is 1. The molecular formula is C17H21NO4. The largest absolute Gasteiger partial charge is 0.490 e. The van der Waals surface area contributed by atoms with Crippen molar-refractivity contribution in [2.45, 2.75) is 32.3 Å².